The molecule has 4 N–H and O–H groups in total. The molecule has 1 aliphatic rings. The van der Waals surface area contributed by atoms with Crippen LogP contribution in [0, 0.1) is 11.6 Å². The molecule has 0 amide bonds. The van der Waals surface area contributed by atoms with Gasteiger partial charge in [0.25, 0.3) is 5.56 Å². The number of hydrogen-bond donors (Lipinski definition) is 3. The third kappa shape index (κ3) is 5.57. The van der Waals surface area contributed by atoms with Crippen molar-refractivity contribution in [1.82, 2.24) is 29.6 Å². The van der Waals surface area contributed by atoms with Gasteiger partial charge in [-0.1, -0.05) is 24.3 Å². The molecule has 46 heavy (non-hydrogen) atoms. The quantitative estimate of drug-likeness (QED) is 0.213. The largest absolute Gasteiger partial charge is 0.490 e. The molecule has 7 rings (SSSR count). The molecule has 1 unspecified atom stereocenters. The van der Waals surface area contributed by atoms with Crippen molar-refractivity contribution >= 4 is 38.9 Å². The molecule has 234 valence electrons. The summed E-state index contributed by atoms with van der Waals surface area (Å²) in [6.45, 7) is 1.18. The summed E-state index contributed by atoms with van der Waals surface area (Å²) in [4.78, 5) is 25.2. The number of nitrogens with zero attached hydrogens (tertiary/aromatic N) is 6. The summed E-state index contributed by atoms with van der Waals surface area (Å²) in [5.74, 6) is -1.07. The zero-order chi connectivity index (χ0) is 31.8. The molecular weight excluding hydrogens is 614 g/mol. The van der Waals surface area contributed by atoms with Gasteiger partial charge in [0.15, 0.2) is 5.82 Å². The minimum absolute atomic E-state index is 0.0857. The zero-order valence-electron chi connectivity index (χ0n) is 24.3. The van der Waals surface area contributed by atoms with Crippen LogP contribution >= 0.6 is 11.3 Å². The summed E-state index contributed by atoms with van der Waals surface area (Å²) < 4.78 is 37.3. The Kier molecular flexibility index (Phi) is 7.68. The van der Waals surface area contributed by atoms with Crippen LogP contribution in [0.5, 0.6) is 5.75 Å². The molecule has 0 bridgehead atoms. The topological polar surface area (TPSA) is 136 Å². The highest BCUT2D eigenvalue weighted by molar-refractivity contribution is 7.18. The normalized spacial score (nSPS) is 14.2. The van der Waals surface area contributed by atoms with Crippen molar-refractivity contribution in [3.8, 4) is 11.4 Å². The van der Waals surface area contributed by atoms with E-state index in [1.807, 2.05) is 54.6 Å². The first kappa shape index (κ1) is 29.5. The van der Waals surface area contributed by atoms with E-state index < -0.39 is 22.8 Å². The van der Waals surface area contributed by atoms with Gasteiger partial charge in [0.1, 0.15) is 47.1 Å². The van der Waals surface area contributed by atoms with E-state index in [4.69, 9.17) is 10.5 Å². The first-order chi connectivity index (χ1) is 22.3. The first-order valence-corrected chi connectivity index (χ1v) is 15.2. The molecule has 1 aliphatic heterocycles. The van der Waals surface area contributed by atoms with Crippen LogP contribution in [0.4, 0.5) is 26.0 Å². The minimum atomic E-state index is -1.79. The molecule has 3 aromatic heterocycles. The van der Waals surface area contributed by atoms with Crippen LogP contribution in [0.2, 0.25) is 0 Å². The third-order valence-electron chi connectivity index (χ3n) is 7.80. The summed E-state index contributed by atoms with van der Waals surface area (Å²) in [5, 5.41) is 18.8. The van der Waals surface area contributed by atoms with E-state index in [0.29, 0.717) is 34.9 Å². The van der Waals surface area contributed by atoms with Crippen LogP contribution in [0.25, 0.3) is 16.0 Å². The smallest absolute Gasteiger partial charge is 0.298 e. The molecule has 0 spiro atoms. The maximum absolute atomic E-state index is 14.8. The van der Waals surface area contributed by atoms with Gasteiger partial charge in [-0.05, 0) is 42.5 Å². The number of anilines is 3. The van der Waals surface area contributed by atoms with Gasteiger partial charge in [-0.2, -0.15) is 5.10 Å². The van der Waals surface area contributed by atoms with Crippen molar-refractivity contribution < 1.29 is 18.6 Å². The number of thiophene rings is 1. The highest BCUT2D eigenvalue weighted by Crippen LogP contribution is 2.38. The second-order valence-electron chi connectivity index (χ2n) is 10.9. The predicted octanol–water partition coefficient (Wildman–Crippen LogP) is 4.11. The van der Waals surface area contributed by atoms with E-state index in [9.17, 15) is 18.7 Å². The molecule has 0 aliphatic carbocycles. The third-order valence-corrected chi connectivity index (χ3v) is 8.82. The van der Waals surface area contributed by atoms with Crippen molar-refractivity contribution in [2.45, 2.75) is 18.7 Å². The van der Waals surface area contributed by atoms with Gasteiger partial charge in [0.2, 0.25) is 0 Å². The van der Waals surface area contributed by atoms with Crippen molar-refractivity contribution in [1.29, 1.82) is 0 Å². The van der Waals surface area contributed by atoms with Crippen LogP contribution in [-0.4, -0.2) is 49.1 Å². The van der Waals surface area contributed by atoms with Crippen LogP contribution in [0.1, 0.15) is 10.4 Å². The lowest BCUT2D eigenvalue weighted by Gasteiger charge is -2.31. The number of nitrogens with one attached hydrogen (secondary N) is 1. The van der Waals surface area contributed by atoms with E-state index in [1.165, 1.54) is 39.3 Å². The van der Waals surface area contributed by atoms with Crippen molar-refractivity contribution in [3.05, 3.63) is 118 Å². The number of rotatable bonds is 9. The van der Waals surface area contributed by atoms with Gasteiger partial charge < -0.3 is 25.8 Å². The number of aromatic nitrogens is 5. The number of aliphatic hydroxyl groups is 1. The molecule has 4 heterocycles. The summed E-state index contributed by atoms with van der Waals surface area (Å²) in [6.07, 6.45) is 2.71. The van der Waals surface area contributed by atoms with E-state index in [2.05, 4.69) is 25.3 Å². The number of benzene rings is 3. The number of para-hydroxylation sites is 1. The molecule has 1 atom stereocenters. The number of nitrogen functional groups attached to an aromatic ring is 1. The van der Waals surface area contributed by atoms with Crippen molar-refractivity contribution in [2.24, 2.45) is 0 Å². The summed E-state index contributed by atoms with van der Waals surface area (Å²) in [7, 11) is 0. The summed E-state index contributed by atoms with van der Waals surface area (Å²) in [5.41, 5.74) is 6.76. The van der Waals surface area contributed by atoms with Crippen LogP contribution in [-0.2, 0) is 18.7 Å². The van der Waals surface area contributed by atoms with E-state index >= 15 is 0 Å². The Morgan fingerprint density at radius 1 is 1.07 bits per heavy atom. The number of ether oxygens (including phenoxy) is 1. The van der Waals surface area contributed by atoms with Gasteiger partial charge >= 0.3 is 0 Å². The molecule has 0 radical (unpaired) electrons. The van der Waals surface area contributed by atoms with Crippen LogP contribution < -0.4 is 26.2 Å². The van der Waals surface area contributed by atoms with Crippen molar-refractivity contribution in [3.63, 3.8) is 0 Å². The standard InChI is InChI=1S/C32H28F2N8O3S/c33-20-6-8-24(25(34)12-20)32(44,17-40-19-37-18-38-40)16-36-15-23-14-27-30(46-23)39-29(35)31(43)42(27)22-7-9-28-26(13-22)41(10-11-45-28)21-4-2-1-3-5-21/h1-9,12-14,18-19,36,44H,10-11,15-17H2,(H2,35,39). The SMILES string of the molecule is Nc1nc2sc(CNCC(O)(Cn3cncn3)c3ccc(F)cc3F)cc2n(-c2ccc3c(c2)N(c2ccccc2)CCO3)c1=O. The fourth-order valence-corrected chi connectivity index (χ4v) is 6.68. The Bertz CT molecular complexity index is 2090. The van der Waals surface area contributed by atoms with Gasteiger partial charge in [0, 0.05) is 35.3 Å². The Morgan fingerprint density at radius 2 is 1.91 bits per heavy atom. The van der Waals surface area contributed by atoms with E-state index in [0.717, 1.165) is 28.4 Å². The molecule has 6 aromatic rings. The lowest BCUT2D eigenvalue weighted by Crippen LogP contribution is -2.42. The second kappa shape index (κ2) is 12.0. The fourth-order valence-electron chi connectivity index (χ4n) is 5.68. The van der Waals surface area contributed by atoms with E-state index in [1.54, 1.807) is 0 Å². The predicted molar refractivity (Wildman–Crippen MR) is 171 cm³/mol. The van der Waals surface area contributed by atoms with Crippen LogP contribution in [0.3, 0.4) is 0 Å². The van der Waals surface area contributed by atoms with Crippen LogP contribution in [0.15, 0.2) is 90.2 Å². The van der Waals surface area contributed by atoms with E-state index in [-0.39, 0.29) is 31.0 Å². The van der Waals surface area contributed by atoms with Crippen molar-refractivity contribution in [2.75, 3.05) is 30.3 Å². The lowest BCUT2D eigenvalue weighted by molar-refractivity contribution is 0.0118. The maximum Gasteiger partial charge on any atom is 0.298 e. The average Bonchev–Trinajstić information content (AvgIpc) is 3.71. The van der Waals surface area contributed by atoms with Gasteiger partial charge in [-0.15, -0.1) is 11.3 Å². The molecular formula is C32H28F2N8O3S. The summed E-state index contributed by atoms with van der Waals surface area (Å²) in [6, 6.07) is 20.4. The number of nitrogens with two attached hydrogens (primary N) is 1. The Balaban J connectivity index is 1.20. The molecule has 11 nitrogen and oxygen atoms in total. The minimum Gasteiger partial charge on any atom is -0.490 e. The number of hydrogen-bond acceptors (Lipinski definition) is 10. The Labute approximate surface area is 265 Å². The molecule has 14 heteroatoms. The average molecular weight is 643 g/mol. The van der Waals surface area contributed by atoms with Gasteiger partial charge in [0.05, 0.1) is 30.0 Å². The highest BCUT2D eigenvalue weighted by Gasteiger charge is 2.33. The molecule has 0 fully saturated rings. The lowest BCUT2D eigenvalue weighted by atomic mass is 9.93. The molecule has 0 saturated carbocycles. The number of halogens is 2. The number of fused-ring (bicyclic) bond motifs is 2. The molecule has 0 saturated heterocycles. The highest BCUT2D eigenvalue weighted by atomic mass is 32.1. The maximum atomic E-state index is 14.8. The first-order valence-electron chi connectivity index (χ1n) is 14.4. The van der Waals surface area contributed by atoms with Gasteiger partial charge in [-0.25, -0.2) is 23.4 Å². The second-order valence-corrected chi connectivity index (χ2v) is 12.0. The van der Waals surface area contributed by atoms with Gasteiger partial charge in [-0.3, -0.25) is 9.36 Å². The fraction of sp³-hybridized carbons (Fsp3) is 0.188. The Hall–Kier alpha value is -5.18. The monoisotopic (exact) mass is 642 g/mol. The zero-order valence-corrected chi connectivity index (χ0v) is 25.1. The summed E-state index contributed by atoms with van der Waals surface area (Å²) >= 11 is 1.33. The molecule has 3 aromatic carbocycles. The Morgan fingerprint density at radius 3 is 2.70 bits per heavy atom.